The summed E-state index contributed by atoms with van der Waals surface area (Å²) in [5.74, 6) is 0. The summed E-state index contributed by atoms with van der Waals surface area (Å²) in [6.45, 7) is 2.12. The van der Waals surface area contributed by atoms with Gasteiger partial charge in [0.05, 0.1) is 0 Å². The van der Waals surface area contributed by atoms with Gasteiger partial charge in [0.25, 0.3) is 0 Å². The number of anilines is 4. The second-order valence-corrected chi connectivity index (χ2v) is 4.96. The van der Waals surface area contributed by atoms with Gasteiger partial charge in [0.2, 0.25) is 0 Å². The largest absolute Gasteiger partial charge is 0.355 e. The van der Waals surface area contributed by atoms with Gasteiger partial charge in [-0.1, -0.05) is 42.5 Å². The monoisotopic (exact) mass is 274 g/mol. The molecule has 0 bridgehead atoms. The molecule has 104 valence electrons. The molecule has 0 aliphatic rings. The van der Waals surface area contributed by atoms with Crippen LogP contribution in [0.25, 0.3) is 0 Å². The van der Waals surface area contributed by atoms with Crippen LogP contribution in [0.4, 0.5) is 22.7 Å². The minimum Gasteiger partial charge on any atom is -0.355 e. The zero-order valence-electron chi connectivity index (χ0n) is 12.0. The van der Waals surface area contributed by atoms with Gasteiger partial charge in [0.15, 0.2) is 0 Å². The standard InChI is InChI=1S/C19H18N2/c1-15-18(20-16-9-4-2-5-10-16)13-8-14-19(15)21-17-11-6-3-7-12-17/h2-14,20-21H,1H3. The molecule has 0 aliphatic carbocycles. The van der Waals surface area contributed by atoms with Crippen LogP contribution in [0.15, 0.2) is 78.9 Å². The van der Waals surface area contributed by atoms with Gasteiger partial charge >= 0.3 is 0 Å². The minimum atomic E-state index is 1.09. The Balaban J connectivity index is 1.85. The highest BCUT2D eigenvalue weighted by molar-refractivity contribution is 5.73. The van der Waals surface area contributed by atoms with Gasteiger partial charge in [-0.25, -0.2) is 0 Å². The quantitative estimate of drug-likeness (QED) is 0.658. The van der Waals surface area contributed by atoms with Crippen LogP contribution in [0.3, 0.4) is 0 Å². The fourth-order valence-corrected chi connectivity index (χ4v) is 2.26. The summed E-state index contributed by atoms with van der Waals surface area (Å²) < 4.78 is 0. The third-order valence-corrected chi connectivity index (χ3v) is 3.44. The van der Waals surface area contributed by atoms with E-state index in [4.69, 9.17) is 0 Å². The number of para-hydroxylation sites is 2. The summed E-state index contributed by atoms with van der Waals surface area (Å²) in [6.07, 6.45) is 0. The van der Waals surface area contributed by atoms with E-state index in [1.165, 1.54) is 5.56 Å². The lowest BCUT2D eigenvalue weighted by Crippen LogP contribution is -1.97. The van der Waals surface area contributed by atoms with Crippen LogP contribution in [0.5, 0.6) is 0 Å². The molecule has 0 unspecified atom stereocenters. The topological polar surface area (TPSA) is 24.1 Å². The molecule has 21 heavy (non-hydrogen) atoms. The number of benzene rings is 3. The first kappa shape index (κ1) is 13.3. The third kappa shape index (κ3) is 3.23. The Kier molecular flexibility index (Phi) is 3.88. The molecule has 2 heteroatoms. The Hall–Kier alpha value is -2.74. The van der Waals surface area contributed by atoms with Crippen LogP contribution < -0.4 is 10.6 Å². The highest BCUT2D eigenvalue weighted by atomic mass is 14.9. The van der Waals surface area contributed by atoms with Crippen molar-refractivity contribution in [2.75, 3.05) is 10.6 Å². The Bertz CT molecular complexity index is 646. The van der Waals surface area contributed by atoms with Crippen molar-refractivity contribution in [2.24, 2.45) is 0 Å². The summed E-state index contributed by atoms with van der Waals surface area (Å²) in [7, 11) is 0. The maximum atomic E-state index is 3.46. The summed E-state index contributed by atoms with van der Waals surface area (Å²) in [6, 6.07) is 26.7. The van der Waals surface area contributed by atoms with E-state index in [0.717, 1.165) is 22.7 Å². The molecule has 0 saturated carbocycles. The molecule has 0 spiro atoms. The van der Waals surface area contributed by atoms with Crippen molar-refractivity contribution in [1.82, 2.24) is 0 Å². The molecule has 0 fully saturated rings. The highest BCUT2D eigenvalue weighted by Crippen LogP contribution is 2.28. The average Bonchev–Trinajstić information content (AvgIpc) is 2.53. The zero-order chi connectivity index (χ0) is 14.5. The van der Waals surface area contributed by atoms with Crippen LogP contribution in [-0.4, -0.2) is 0 Å². The molecule has 3 rings (SSSR count). The SMILES string of the molecule is Cc1c(Nc2ccccc2)cccc1Nc1ccccc1. The molecule has 0 aromatic heterocycles. The molecule has 2 nitrogen and oxygen atoms in total. The Morgan fingerprint density at radius 1 is 0.524 bits per heavy atom. The Morgan fingerprint density at radius 3 is 1.38 bits per heavy atom. The van der Waals surface area contributed by atoms with E-state index in [-0.39, 0.29) is 0 Å². The van der Waals surface area contributed by atoms with E-state index < -0.39 is 0 Å². The Morgan fingerprint density at radius 2 is 0.952 bits per heavy atom. The second-order valence-electron chi connectivity index (χ2n) is 4.96. The van der Waals surface area contributed by atoms with Crippen LogP contribution >= 0.6 is 0 Å². The lowest BCUT2D eigenvalue weighted by atomic mass is 10.1. The average molecular weight is 274 g/mol. The van der Waals surface area contributed by atoms with Crippen molar-refractivity contribution in [3.63, 3.8) is 0 Å². The first-order chi connectivity index (χ1) is 10.3. The van der Waals surface area contributed by atoms with Gasteiger partial charge in [0.1, 0.15) is 0 Å². The number of nitrogens with one attached hydrogen (secondary N) is 2. The zero-order valence-corrected chi connectivity index (χ0v) is 12.0. The van der Waals surface area contributed by atoms with Crippen LogP contribution in [0.1, 0.15) is 5.56 Å². The summed E-state index contributed by atoms with van der Waals surface area (Å²) in [4.78, 5) is 0. The van der Waals surface area contributed by atoms with E-state index in [1.807, 2.05) is 36.4 Å². The molecular weight excluding hydrogens is 256 g/mol. The molecule has 2 N–H and O–H groups in total. The molecular formula is C19H18N2. The van der Waals surface area contributed by atoms with E-state index in [9.17, 15) is 0 Å². The van der Waals surface area contributed by atoms with E-state index in [0.29, 0.717) is 0 Å². The third-order valence-electron chi connectivity index (χ3n) is 3.44. The fourth-order valence-electron chi connectivity index (χ4n) is 2.26. The van der Waals surface area contributed by atoms with Gasteiger partial charge in [-0.05, 0) is 48.9 Å². The molecule has 3 aromatic carbocycles. The van der Waals surface area contributed by atoms with Gasteiger partial charge in [-0.2, -0.15) is 0 Å². The minimum absolute atomic E-state index is 1.09. The summed E-state index contributed by atoms with van der Waals surface area (Å²) >= 11 is 0. The fraction of sp³-hybridized carbons (Fsp3) is 0.0526. The predicted molar refractivity (Wildman–Crippen MR) is 90.6 cm³/mol. The molecule has 0 heterocycles. The van der Waals surface area contributed by atoms with Gasteiger partial charge in [-0.3, -0.25) is 0 Å². The van der Waals surface area contributed by atoms with Crippen LogP contribution in [0, 0.1) is 6.92 Å². The first-order valence-corrected chi connectivity index (χ1v) is 7.07. The van der Waals surface area contributed by atoms with Crippen molar-refractivity contribution in [2.45, 2.75) is 6.92 Å². The lowest BCUT2D eigenvalue weighted by molar-refractivity contribution is 1.41. The van der Waals surface area contributed by atoms with Gasteiger partial charge in [0, 0.05) is 22.7 Å². The summed E-state index contributed by atoms with van der Waals surface area (Å²) in [5.41, 5.74) is 5.62. The van der Waals surface area contributed by atoms with Crippen LogP contribution in [-0.2, 0) is 0 Å². The maximum Gasteiger partial charge on any atom is 0.0434 e. The molecule has 0 atom stereocenters. The lowest BCUT2D eigenvalue weighted by Gasteiger charge is -2.15. The number of rotatable bonds is 4. The predicted octanol–water partition coefficient (Wildman–Crippen LogP) is 5.48. The van der Waals surface area contributed by atoms with Crippen LogP contribution in [0.2, 0.25) is 0 Å². The summed E-state index contributed by atoms with van der Waals surface area (Å²) in [5, 5.41) is 6.92. The highest BCUT2D eigenvalue weighted by Gasteiger charge is 2.04. The molecule has 0 amide bonds. The molecule has 3 aromatic rings. The van der Waals surface area contributed by atoms with Crippen molar-refractivity contribution < 1.29 is 0 Å². The smallest absolute Gasteiger partial charge is 0.0434 e. The van der Waals surface area contributed by atoms with Crippen molar-refractivity contribution in [3.8, 4) is 0 Å². The van der Waals surface area contributed by atoms with Crippen molar-refractivity contribution >= 4 is 22.7 Å². The van der Waals surface area contributed by atoms with Crippen molar-refractivity contribution in [1.29, 1.82) is 0 Å². The van der Waals surface area contributed by atoms with Crippen molar-refractivity contribution in [3.05, 3.63) is 84.4 Å². The van der Waals surface area contributed by atoms with E-state index in [1.54, 1.807) is 0 Å². The Labute approximate surface area is 125 Å². The molecule has 0 aliphatic heterocycles. The van der Waals surface area contributed by atoms with Gasteiger partial charge in [-0.15, -0.1) is 0 Å². The first-order valence-electron chi connectivity index (χ1n) is 7.07. The van der Waals surface area contributed by atoms with E-state index >= 15 is 0 Å². The maximum absolute atomic E-state index is 3.46. The molecule has 0 saturated heterocycles. The van der Waals surface area contributed by atoms with E-state index in [2.05, 4.69) is 60.0 Å². The number of hydrogen-bond acceptors (Lipinski definition) is 2. The number of hydrogen-bond donors (Lipinski definition) is 2. The normalized spacial score (nSPS) is 10.1. The molecule has 0 radical (unpaired) electrons. The second kappa shape index (κ2) is 6.14. The van der Waals surface area contributed by atoms with Gasteiger partial charge < -0.3 is 10.6 Å².